The summed E-state index contributed by atoms with van der Waals surface area (Å²) in [7, 11) is 1.76. The van der Waals surface area contributed by atoms with E-state index < -0.39 is 0 Å². The molecule has 0 aromatic carbocycles. The van der Waals surface area contributed by atoms with Crippen molar-refractivity contribution in [3.8, 4) is 0 Å². The Morgan fingerprint density at radius 1 is 1.40 bits per heavy atom. The topological polar surface area (TPSA) is 38.5 Å². The molecule has 0 aromatic heterocycles. The predicted octanol–water partition coefficient (Wildman–Crippen LogP) is 1.47. The monoisotopic (exact) mass is 214 g/mol. The molecule has 1 heterocycles. The summed E-state index contributed by atoms with van der Waals surface area (Å²) in [6, 6.07) is 0.412. The second kappa shape index (κ2) is 5.83. The zero-order valence-corrected chi connectivity index (χ0v) is 10.5. The SMILES string of the molecule is CCC1(CC)CCN(C(CN)COC)C1. The third-order valence-corrected chi connectivity index (χ3v) is 4.12. The first kappa shape index (κ1) is 12.9. The number of rotatable bonds is 6. The highest BCUT2D eigenvalue weighted by Gasteiger charge is 2.37. The third kappa shape index (κ3) is 2.92. The second-order valence-electron chi connectivity index (χ2n) is 4.77. The van der Waals surface area contributed by atoms with Gasteiger partial charge in [0.15, 0.2) is 0 Å². The van der Waals surface area contributed by atoms with Gasteiger partial charge in [-0.15, -0.1) is 0 Å². The Hall–Kier alpha value is -0.120. The van der Waals surface area contributed by atoms with Gasteiger partial charge in [-0.2, -0.15) is 0 Å². The maximum Gasteiger partial charge on any atom is 0.0630 e. The van der Waals surface area contributed by atoms with Crippen LogP contribution in [0.3, 0.4) is 0 Å². The molecule has 0 radical (unpaired) electrons. The van der Waals surface area contributed by atoms with E-state index in [1.54, 1.807) is 7.11 Å². The van der Waals surface area contributed by atoms with E-state index in [1.165, 1.54) is 32.4 Å². The van der Waals surface area contributed by atoms with Crippen molar-refractivity contribution in [2.75, 3.05) is 33.4 Å². The van der Waals surface area contributed by atoms with Crippen LogP contribution in [0.1, 0.15) is 33.1 Å². The van der Waals surface area contributed by atoms with Gasteiger partial charge in [0.25, 0.3) is 0 Å². The van der Waals surface area contributed by atoms with E-state index in [4.69, 9.17) is 10.5 Å². The number of nitrogens with two attached hydrogens (primary N) is 1. The lowest BCUT2D eigenvalue weighted by atomic mass is 9.82. The lowest BCUT2D eigenvalue weighted by molar-refractivity contribution is 0.0990. The van der Waals surface area contributed by atoms with Crippen molar-refractivity contribution in [3.05, 3.63) is 0 Å². The lowest BCUT2D eigenvalue weighted by Gasteiger charge is -2.30. The van der Waals surface area contributed by atoms with Gasteiger partial charge in [-0.25, -0.2) is 0 Å². The van der Waals surface area contributed by atoms with Crippen LogP contribution in [0.4, 0.5) is 0 Å². The standard InChI is InChI=1S/C12H26N2O/c1-4-12(5-2)6-7-14(10-12)11(8-13)9-15-3/h11H,4-10,13H2,1-3H3. The molecule has 1 aliphatic rings. The molecule has 0 aliphatic carbocycles. The molecule has 1 saturated heterocycles. The summed E-state index contributed by atoms with van der Waals surface area (Å²) in [5.41, 5.74) is 6.33. The molecule has 0 amide bonds. The molecule has 1 aliphatic heterocycles. The average Bonchev–Trinajstić information content (AvgIpc) is 2.71. The number of nitrogens with zero attached hydrogens (tertiary/aromatic N) is 1. The van der Waals surface area contributed by atoms with Crippen LogP contribution in [0.25, 0.3) is 0 Å². The molecule has 15 heavy (non-hydrogen) atoms. The van der Waals surface area contributed by atoms with Crippen molar-refractivity contribution < 1.29 is 4.74 Å². The van der Waals surface area contributed by atoms with Gasteiger partial charge in [0.2, 0.25) is 0 Å². The van der Waals surface area contributed by atoms with E-state index in [9.17, 15) is 0 Å². The molecule has 1 rings (SSSR count). The van der Waals surface area contributed by atoms with Crippen LogP contribution >= 0.6 is 0 Å². The Kier molecular flexibility index (Phi) is 5.03. The fraction of sp³-hybridized carbons (Fsp3) is 1.00. The molecule has 0 aromatic rings. The van der Waals surface area contributed by atoms with Crippen LogP contribution in [0.15, 0.2) is 0 Å². The summed E-state index contributed by atoms with van der Waals surface area (Å²) >= 11 is 0. The van der Waals surface area contributed by atoms with E-state index in [-0.39, 0.29) is 0 Å². The fourth-order valence-corrected chi connectivity index (χ4v) is 2.62. The van der Waals surface area contributed by atoms with Crippen molar-refractivity contribution in [3.63, 3.8) is 0 Å². The van der Waals surface area contributed by atoms with Gasteiger partial charge in [0.05, 0.1) is 6.61 Å². The van der Waals surface area contributed by atoms with Gasteiger partial charge < -0.3 is 10.5 Å². The van der Waals surface area contributed by atoms with Crippen LogP contribution in [-0.4, -0.2) is 44.3 Å². The van der Waals surface area contributed by atoms with Crippen molar-refractivity contribution in [2.24, 2.45) is 11.1 Å². The summed E-state index contributed by atoms with van der Waals surface area (Å²) < 4.78 is 5.22. The molecular weight excluding hydrogens is 188 g/mol. The minimum atomic E-state index is 0.412. The van der Waals surface area contributed by atoms with Gasteiger partial charge in [-0.3, -0.25) is 4.90 Å². The van der Waals surface area contributed by atoms with Crippen LogP contribution in [0.2, 0.25) is 0 Å². The molecule has 0 spiro atoms. The highest BCUT2D eigenvalue weighted by atomic mass is 16.5. The second-order valence-corrected chi connectivity index (χ2v) is 4.77. The Morgan fingerprint density at radius 2 is 2.07 bits per heavy atom. The molecule has 2 N–H and O–H groups in total. The van der Waals surface area contributed by atoms with Crippen LogP contribution in [0, 0.1) is 5.41 Å². The molecule has 1 fully saturated rings. The Labute approximate surface area is 94.0 Å². The zero-order valence-electron chi connectivity index (χ0n) is 10.5. The predicted molar refractivity (Wildman–Crippen MR) is 63.9 cm³/mol. The summed E-state index contributed by atoms with van der Waals surface area (Å²) in [6.07, 6.45) is 3.88. The molecular formula is C12H26N2O. The zero-order chi connectivity index (χ0) is 11.3. The van der Waals surface area contributed by atoms with Gasteiger partial charge in [-0.1, -0.05) is 13.8 Å². The van der Waals surface area contributed by atoms with Crippen molar-refractivity contribution >= 4 is 0 Å². The molecule has 0 saturated carbocycles. The minimum absolute atomic E-state index is 0.412. The number of hydrogen-bond acceptors (Lipinski definition) is 3. The Bertz CT molecular complexity index is 180. The molecule has 3 heteroatoms. The van der Waals surface area contributed by atoms with Crippen molar-refractivity contribution in [1.82, 2.24) is 4.90 Å². The normalized spacial score (nSPS) is 23.2. The number of likely N-dealkylation sites (tertiary alicyclic amines) is 1. The van der Waals surface area contributed by atoms with E-state index >= 15 is 0 Å². The first-order chi connectivity index (χ1) is 7.21. The Morgan fingerprint density at radius 3 is 2.47 bits per heavy atom. The molecule has 1 atom stereocenters. The summed E-state index contributed by atoms with van der Waals surface area (Å²) in [5, 5.41) is 0. The van der Waals surface area contributed by atoms with Gasteiger partial charge in [-0.05, 0) is 31.2 Å². The summed E-state index contributed by atoms with van der Waals surface area (Å²) in [5.74, 6) is 0. The third-order valence-electron chi connectivity index (χ3n) is 4.12. The fourth-order valence-electron chi connectivity index (χ4n) is 2.62. The van der Waals surface area contributed by atoms with Crippen molar-refractivity contribution in [2.45, 2.75) is 39.2 Å². The molecule has 3 nitrogen and oxygen atoms in total. The van der Waals surface area contributed by atoms with Crippen LogP contribution in [0.5, 0.6) is 0 Å². The highest BCUT2D eigenvalue weighted by molar-refractivity contribution is 4.91. The van der Waals surface area contributed by atoms with Gasteiger partial charge >= 0.3 is 0 Å². The number of hydrogen-bond donors (Lipinski definition) is 1. The molecule has 90 valence electrons. The first-order valence-corrected chi connectivity index (χ1v) is 6.14. The maximum absolute atomic E-state index is 5.79. The van der Waals surface area contributed by atoms with Gasteiger partial charge in [0.1, 0.15) is 0 Å². The Balaban J connectivity index is 2.53. The average molecular weight is 214 g/mol. The minimum Gasteiger partial charge on any atom is -0.383 e. The number of ether oxygens (including phenoxy) is 1. The van der Waals surface area contributed by atoms with E-state index in [0.29, 0.717) is 18.0 Å². The molecule has 1 unspecified atom stereocenters. The van der Waals surface area contributed by atoms with Crippen LogP contribution < -0.4 is 5.73 Å². The smallest absolute Gasteiger partial charge is 0.0630 e. The van der Waals surface area contributed by atoms with Gasteiger partial charge in [0, 0.05) is 26.2 Å². The quantitative estimate of drug-likeness (QED) is 0.728. The van der Waals surface area contributed by atoms with Crippen LogP contribution in [-0.2, 0) is 4.74 Å². The summed E-state index contributed by atoms with van der Waals surface area (Å²) in [4.78, 5) is 2.51. The van der Waals surface area contributed by atoms with E-state index in [2.05, 4.69) is 18.7 Å². The molecule has 0 bridgehead atoms. The first-order valence-electron chi connectivity index (χ1n) is 6.14. The summed E-state index contributed by atoms with van der Waals surface area (Å²) in [6.45, 7) is 8.47. The van der Waals surface area contributed by atoms with E-state index in [1.807, 2.05) is 0 Å². The lowest BCUT2D eigenvalue weighted by Crippen LogP contribution is -2.43. The number of methoxy groups -OCH3 is 1. The van der Waals surface area contributed by atoms with E-state index in [0.717, 1.165) is 6.61 Å². The maximum atomic E-state index is 5.79. The highest BCUT2D eigenvalue weighted by Crippen LogP contribution is 2.37. The van der Waals surface area contributed by atoms with Crippen molar-refractivity contribution in [1.29, 1.82) is 0 Å². The largest absolute Gasteiger partial charge is 0.383 e.